The summed E-state index contributed by atoms with van der Waals surface area (Å²) in [6.45, 7) is 4.06. The van der Waals surface area contributed by atoms with E-state index in [1.165, 1.54) is 0 Å². The number of anilines is 1. The van der Waals surface area contributed by atoms with Crippen LogP contribution in [0.3, 0.4) is 0 Å². The number of nitrogens with two attached hydrogens (primary N) is 2. The maximum Gasteiger partial charge on any atom is 0.0913 e. The minimum absolute atomic E-state index is 0.168. The highest BCUT2D eigenvalue weighted by Gasteiger charge is 2.24. The van der Waals surface area contributed by atoms with Gasteiger partial charge < -0.3 is 5.73 Å². The molecule has 0 saturated heterocycles. The van der Waals surface area contributed by atoms with Gasteiger partial charge in [0.2, 0.25) is 0 Å². The number of aromatic nitrogens is 2. The summed E-state index contributed by atoms with van der Waals surface area (Å²) in [6.07, 6.45) is 1.62. The summed E-state index contributed by atoms with van der Waals surface area (Å²) >= 11 is 9.72. The largest absolute Gasteiger partial charge is 0.398 e. The molecular weight excluding hydrogens is 342 g/mol. The van der Waals surface area contributed by atoms with Crippen LogP contribution < -0.4 is 17.0 Å². The fraction of sp³-hybridized carbons (Fsp3) is 0.308. The standard InChI is InChI=1S/C13H17BrClN5/c1-7(2)20-13(10(15)6-18-20)12(19-17)9-5-8(14)3-4-11(9)16/h3-7,12,19H,16-17H2,1-2H3. The van der Waals surface area contributed by atoms with Crippen LogP contribution in [0, 0.1) is 0 Å². The first-order valence-electron chi connectivity index (χ1n) is 6.19. The van der Waals surface area contributed by atoms with E-state index >= 15 is 0 Å². The van der Waals surface area contributed by atoms with Crippen molar-refractivity contribution in [1.29, 1.82) is 0 Å². The lowest BCUT2D eigenvalue weighted by molar-refractivity contribution is 0.477. The molecule has 0 saturated carbocycles. The topological polar surface area (TPSA) is 81.9 Å². The normalized spacial score (nSPS) is 12.9. The van der Waals surface area contributed by atoms with Crippen LogP contribution in [0.2, 0.25) is 5.02 Å². The second kappa shape index (κ2) is 6.13. The number of rotatable bonds is 4. The Morgan fingerprint density at radius 2 is 2.10 bits per heavy atom. The Bertz CT molecular complexity index is 611. The third-order valence-electron chi connectivity index (χ3n) is 3.08. The SMILES string of the molecule is CC(C)n1ncc(Cl)c1C(NN)c1cc(Br)ccc1N. The van der Waals surface area contributed by atoms with Gasteiger partial charge in [-0.25, -0.2) is 5.43 Å². The van der Waals surface area contributed by atoms with Gasteiger partial charge in [0.1, 0.15) is 0 Å². The highest BCUT2D eigenvalue weighted by molar-refractivity contribution is 9.10. The van der Waals surface area contributed by atoms with Gasteiger partial charge in [-0.15, -0.1) is 0 Å². The van der Waals surface area contributed by atoms with E-state index in [1.54, 1.807) is 6.20 Å². The quantitative estimate of drug-likeness (QED) is 0.446. The Hall–Kier alpha value is -1.08. The number of hydrogen-bond acceptors (Lipinski definition) is 4. The number of hydrogen-bond donors (Lipinski definition) is 3. The molecule has 0 aliphatic carbocycles. The average molecular weight is 359 g/mol. The van der Waals surface area contributed by atoms with Gasteiger partial charge >= 0.3 is 0 Å². The molecule has 5 N–H and O–H groups in total. The van der Waals surface area contributed by atoms with Gasteiger partial charge in [-0.1, -0.05) is 27.5 Å². The zero-order valence-electron chi connectivity index (χ0n) is 11.3. The Labute approximate surface area is 131 Å². The Morgan fingerprint density at radius 3 is 2.70 bits per heavy atom. The van der Waals surface area contributed by atoms with Crippen molar-refractivity contribution in [3.63, 3.8) is 0 Å². The third kappa shape index (κ3) is 2.83. The van der Waals surface area contributed by atoms with E-state index in [1.807, 2.05) is 36.7 Å². The molecule has 2 aromatic rings. The molecule has 20 heavy (non-hydrogen) atoms. The zero-order valence-corrected chi connectivity index (χ0v) is 13.6. The van der Waals surface area contributed by atoms with E-state index in [2.05, 4.69) is 26.5 Å². The zero-order chi connectivity index (χ0) is 14.9. The van der Waals surface area contributed by atoms with Crippen LogP contribution in [0.15, 0.2) is 28.9 Å². The summed E-state index contributed by atoms with van der Waals surface area (Å²) < 4.78 is 2.77. The number of nitrogen functional groups attached to an aromatic ring is 1. The van der Waals surface area contributed by atoms with Gasteiger partial charge in [-0.2, -0.15) is 5.10 Å². The average Bonchev–Trinajstić information content (AvgIpc) is 2.77. The van der Waals surface area contributed by atoms with Crippen molar-refractivity contribution >= 4 is 33.2 Å². The minimum Gasteiger partial charge on any atom is -0.398 e. The summed E-state index contributed by atoms with van der Waals surface area (Å²) in [5.41, 5.74) is 11.1. The van der Waals surface area contributed by atoms with Crippen LogP contribution in [0.25, 0.3) is 0 Å². The molecule has 0 fully saturated rings. The molecule has 0 radical (unpaired) electrons. The number of halogens is 2. The van der Waals surface area contributed by atoms with E-state index < -0.39 is 0 Å². The Morgan fingerprint density at radius 1 is 1.40 bits per heavy atom. The number of hydrazine groups is 1. The molecule has 1 aromatic heterocycles. The number of nitrogens with zero attached hydrogens (tertiary/aromatic N) is 2. The van der Waals surface area contributed by atoms with E-state index in [9.17, 15) is 0 Å². The van der Waals surface area contributed by atoms with Crippen LogP contribution in [0.4, 0.5) is 5.69 Å². The van der Waals surface area contributed by atoms with Crippen molar-refractivity contribution in [3.05, 3.63) is 45.1 Å². The number of benzene rings is 1. The smallest absolute Gasteiger partial charge is 0.0913 e. The third-order valence-corrected chi connectivity index (χ3v) is 3.86. The fourth-order valence-corrected chi connectivity index (χ4v) is 2.76. The molecule has 2 rings (SSSR count). The second-order valence-corrected chi connectivity index (χ2v) is 6.11. The Balaban J connectivity index is 2.58. The minimum atomic E-state index is -0.329. The summed E-state index contributed by atoms with van der Waals surface area (Å²) in [4.78, 5) is 0. The van der Waals surface area contributed by atoms with Crippen molar-refractivity contribution in [2.45, 2.75) is 25.9 Å². The highest BCUT2D eigenvalue weighted by atomic mass is 79.9. The van der Waals surface area contributed by atoms with Gasteiger partial charge in [0.25, 0.3) is 0 Å². The first-order valence-corrected chi connectivity index (χ1v) is 7.36. The summed E-state index contributed by atoms with van der Waals surface area (Å²) in [7, 11) is 0. The molecule has 7 heteroatoms. The van der Waals surface area contributed by atoms with Crippen LogP contribution in [0.1, 0.15) is 37.2 Å². The molecule has 0 amide bonds. The van der Waals surface area contributed by atoms with Crippen molar-refractivity contribution < 1.29 is 0 Å². The number of nitrogens with one attached hydrogen (secondary N) is 1. The predicted octanol–water partition coefficient (Wildman–Crippen LogP) is 3.01. The van der Waals surface area contributed by atoms with E-state index in [0.717, 1.165) is 15.7 Å². The van der Waals surface area contributed by atoms with E-state index in [4.69, 9.17) is 23.2 Å². The molecule has 108 valence electrons. The van der Waals surface area contributed by atoms with Gasteiger partial charge in [-0.3, -0.25) is 10.5 Å². The van der Waals surface area contributed by atoms with Gasteiger partial charge in [0, 0.05) is 21.8 Å². The van der Waals surface area contributed by atoms with Crippen LogP contribution in [-0.4, -0.2) is 9.78 Å². The van der Waals surface area contributed by atoms with Crippen LogP contribution in [0.5, 0.6) is 0 Å². The lowest BCUT2D eigenvalue weighted by atomic mass is 10.0. The van der Waals surface area contributed by atoms with Gasteiger partial charge in [-0.05, 0) is 32.0 Å². The molecule has 0 bridgehead atoms. The molecule has 0 aliphatic heterocycles. The molecule has 1 heterocycles. The van der Waals surface area contributed by atoms with E-state index in [0.29, 0.717) is 10.7 Å². The fourth-order valence-electron chi connectivity index (χ4n) is 2.14. The van der Waals surface area contributed by atoms with Gasteiger partial charge in [0.15, 0.2) is 0 Å². The predicted molar refractivity (Wildman–Crippen MR) is 85.3 cm³/mol. The van der Waals surface area contributed by atoms with Crippen molar-refractivity contribution in [3.8, 4) is 0 Å². The molecule has 1 aromatic carbocycles. The second-order valence-electron chi connectivity index (χ2n) is 4.79. The molecule has 0 spiro atoms. The monoisotopic (exact) mass is 357 g/mol. The van der Waals surface area contributed by atoms with Crippen molar-refractivity contribution in [2.24, 2.45) is 5.84 Å². The molecule has 0 aliphatic rings. The van der Waals surface area contributed by atoms with Crippen LogP contribution in [-0.2, 0) is 0 Å². The van der Waals surface area contributed by atoms with Crippen molar-refractivity contribution in [1.82, 2.24) is 15.2 Å². The highest BCUT2D eigenvalue weighted by Crippen LogP contribution is 2.33. The van der Waals surface area contributed by atoms with Crippen molar-refractivity contribution in [2.75, 3.05) is 5.73 Å². The van der Waals surface area contributed by atoms with E-state index in [-0.39, 0.29) is 12.1 Å². The molecule has 1 atom stereocenters. The van der Waals surface area contributed by atoms with Gasteiger partial charge in [0.05, 0.1) is 23.0 Å². The summed E-state index contributed by atoms with van der Waals surface area (Å²) in [5, 5.41) is 4.85. The molecular formula is C13H17BrClN5. The van der Waals surface area contributed by atoms with Crippen LogP contribution >= 0.6 is 27.5 Å². The summed E-state index contributed by atoms with van der Waals surface area (Å²) in [5.74, 6) is 5.73. The first kappa shape index (κ1) is 15.3. The molecule has 5 nitrogen and oxygen atoms in total. The lowest BCUT2D eigenvalue weighted by Crippen LogP contribution is -2.32. The first-order chi connectivity index (χ1) is 9.45. The lowest BCUT2D eigenvalue weighted by Gasteiger charge is -2.22. The maximum absolute atomic E-state index is 6.27. The molecule has 1 unspecified atom stereocenters. The maximum atomic E-state index is 6.27. The Kier molecular flexibility index (Phi) is 4.70. The summed E-state index contributed by atoms with van der Waals surface area (Å²) in [6, 6.07) is 5.47.